The first-order valence-corrected chi connectivity index (χ1v) is 9.21. The van der Waals surface area contributed by atoms with Crippen LogP contribution in [-0.4, -0.2) is 65.3 Å². The van der Waals surface area contributed by atoms with Gasteiger partial charge in [-0.2, -0.15) is 0 Å². The van der Waals surface area contributed by atoms with E-state index >= 15 is 0 Å². The molecule has 0 spiro atoms. The van der Waals surface area contributed by atoms with Gasteiger partial charge in [-0.25, -0.2) is 4.79 Å². The average Bonchev–Trinajstić information content (AvgIpc) is 3.00. The van der Waals surface area contributed by atoms with Crippen LogP contribution in [-0.2, 0) is 4.79 Å². The van der Waals surface area contributed by atoms with Gasteiger partial charge in [0.15, 0.2) is 0 Å². The molecule has 3 N–H and O–H groups in total. The normalized spacial score (nSPS) is 23.5. The highest BCUT2D eigenvalue weighted by Gasteiger charge is 2.33. The summed E-state index contributed by atoms with van der Waals surface area (Å²) in [5.41, 5.74) is 2.59. The Bertz CT molecular complexity index is 664. The predicted octanol–water partition coefficient (Wildman–Crippen LogP) is 1.10. The van der Waals surface area contributed by atoms with Gasteiger partial charge >= 0.3 is 12.0 Å². The number of terminal acetylenes is 1. The molecule has 0 aromatic carbocycles. The molecule has 2 fully saturated rings. The lowest BCUT2D eigenvalue weighted by Crippen LogP contribution is -2.47. The summed E-state index contributed by atoms with van der Waals surface area (Å²) in [6.07, 6.45) is 13.8. The van der Waals surface area contributed by atoms with Crippen molar-refractivity contribution in [2.24, 2.45) is 0 Å². The number of urea groups is 1. The minimum atomic E-state index is -0.988. The van der Waals surface area contributed by atoms with Crippen LogP contribution < -0.4 is 10.6 Å². The number of carboxylic acid groups (broad SMARTS) is 1. The van der Waals surface area contributed by atoms with Gasteiger partial charge in [0.1, 0.15) is 6.04 Å². The number of amides is 2. The van der Waals surface area contributed by atoms with Crippen molar-refractivity contribution >= 4 is 12.0 Å². The van der Waals surface area contributed by atoms with Crippen LogP contribution in [0.4, 0.5) is 4.79 Å². The molecule has 3 rings (SSSR count). The topological polar surface area (TPSA) is 84.9 Å². The molecule has 140 valence electrons. The summed E-state index contributed by atoms with van der Waals surface area (Å²) < 4.78 is 0. The first-order valence-electron chi connectivity index (χ1n) is 9.21. The van der Waals surface area contributed by atoms with Crippen LogP contribution in [0.2, 0.25) is 0 Å². The lowest BCUT2D eigenvalue weighted by Gasteiger charge is -2.32. The molecule has 3 heterocycles. The molecule has 3 aliphatic rings. The van der Waals surface area contributed by atoms with Crippen LogP contribution in [0.3, 0.4) is 0 Å². The van der Waals surface area contributed by atoms with Crippen molar-refractivity contribution in [3.05, 3.63) is 23.4 Å². The molecular weight excluding hydrogens is 332 g/mol. The Balaban J connectivity index is 1.46. The quantitative estimate of drug-likeness (QED) is 0.594. The van der Waals surface area contributed by atoms with Gasteiger partial charge in [-0.1, -0.05) is 12.0 Å². The fourth-order valence-electron chi connectivity index (χ4n) is 3.72. The summed E-state index contributed by atoms with van der Waals surface area (Å²) in [7, 11) is 0. The number of carbonyl (C=O) groups is 2. The molecule has 0 saturated carbocycles. The third-order valence-electron chi connectivity index (χ3n) is 5.13. The van der Waals surface area contributed by atoms with E-state index in [-0.39, 0.29) is 18.6 Å². The monoisotopic (exact) mass is 358 g/mol. The van der Waals surface area contributed by atoms with Gasteiger partial charge in [-0.3, -0.25) is 10.1 Å². The van der Waals surface area contributed by atoms with E-state index in [0.717, 1.165) is 25.8 Å². The van der Waals surface area contributed by atoms with E-state index in [4.69, 9.17) is 11.5 Å². The molecule has 2 unspecified atom stereocenters. The molecule has 0 bridgehead atoms. The second kappa shape index (κ2) is 8.28. The number of piperidine rings is 1. The van der Waals surface area contributed by atoms with Crippen LogP contribution in [0.1, 0.15) is 32.1 Å². The Morgan fingerprint density at radius 2 is 2.27 bits per heavy atom. The summed E-state index contributed by atoms with van der Waals surface area (Å²) in [4.78, 5) is 26.6. The zero-order valence-corrected chi connectivity index (χ0v) is 14.9. The Morgan fingerprint density at radius 1 is 1.42 bits per heavy atom. The molecule has 2 amide bonds. The molecule has 0 radical (unpaired) electrons. The summed E-state index contributed by atoms with van der Waals surface area (Å²) >= 11 is 0. The van der Waals surface area contributed by atoms with Crippen LogP contribution in [0.15, 0.2) is 23.4 Å². The number of fused-ring (bicyclic) bond motifs is 1. The Morgan fingerprint density at radius 3 is 3.04 bits per heavy atom. The number of carboxylic acids is 1. The maximum Gasteiger partial charge on any atom is 0.321 e. The van der Waals surface area contributed by atoms with Crippen molar-refractivity contribution in [3.8, 4) is 12.3 Å². The fourth-order valence-corrected chi connectivity index (χ4v) is 3.72. The van der Waals surface area contributed by atoms with Crippen LogP contribution in [0, 0.1) is 12.3 Å². The van der Waals surface area contributed by atoms with E-state index in [0.29, 0.717) is 19.6 Å². The van der Waals surface area contributed by atoms with Gasteiger partial charge in [0, 0.05) is 25.3 Å². The molecule has 3 aliphatic heterocycles. The number of nitrogens with one attached hydrogen (secondary N) is 2. The largest absolute Gasteiger partial charge is 0.481 e. The Kier molecular flexibility index (Phi) is 5.84. The number of carbonyl (C=O) groups excluding carboxylic acids is 1. The SMILES string of the molecule is C#CC(CC(=O)O)N1CCN(CCCC2=CC=C3CCCNC3N2)C1=O. The standard InChI is InChI=1S/C19H26N4O3/c1-2-16(13-17(24)25)23-12-11-22(19(23)26)10-4-6-15-8-7-14-5-3-9-20-18(14)21-15/h1,7-8,16,18,20-21H,3-6,9-13H2,(H,24,25). The van der Waals surface area contributed by atoms with E-state index in [2.05, 4.69) is 28.7 Å². The number of hydrogen-bond acceptors (Lipinski definition) is 4. The van der Waals surface area contributed by atoms with Gasteiger partial charge in [0.2, 0.25) is 0 Å². The molecule has 7 heteroatoms. The molecule has 0 aromatic heterocycles. The second-order valence-corrected chi connectivity index (χ2v) is 6.92. The molecule has 26 heavy (non-hydrogen) atoms. The Hall–Kier alpha value is -2.46. The van der Waals surface area contributed by atoms with Gasteiger partial charge in [0.25, 0.3) is 0 Å². The maximum atomic E-state index is 12.5. The van der Waals surface area contributed by atoms with Gasteiger partial charge in [0.05, 0.1) is 12.6 Å². The van der Waals surface area contributed by atoms with Crippen molar-refractivity contribution in [2.45, 2.75) is 44.3 Å². The smallest absolute Gasteiger partial charge is 0.321 e. The minimum Gasteiger partial charge on any atom is -0.481 e. The van der Waals surface area contributed by atoms with Gasteiger partial charge in [-0.05, 0) is 43.9 Å². The zero-order valence-electron chi connectivity index (χ0n) is 14.9. The van der Waals surface area contributed by atoms with E-state index < -0.39 is 12.0 Å². The van der Waals surface area contributed by atoms with Crippen LogP contribution in [0.5, 0.6) is 0 Å². The number of nitrogens with zero attached hydrogens (tertiary/aromatic N) is 2. The van der Waals surface area contributed by atoms with Crippen molar-refractivity contribution in [2.75, 3.05) is 26.2 Å². The number of dihydropyridines is 1. The first kappa shape index (κ1) is 18.3. The average molecular weight is 358 g/mol. The highest BCUT2D eigenvalue weighted by Crippen LogP contribution is 2.21. The van der Waals surface area contributed by atoms with Gasteiger partial charge < -0.3 is 20.2 Å². The molecule has 2 atom stereocenters. The molecular formula is C19H26N4O3. The highest BCUT2D eigenvalue weighted by atomic mass is 16.4. The fraction of sp³-hybridized carbons (Fsp3) is 0.579. The van der Waals surface area contributed by atoms with Crippen LogP contribution in [0.25, 0.3) is 0 Å². The summed E-state index contributed by atoms with van der Waals surface area (Å²) in [6.45, 7) is 2.76. The molecule has 0 aliphatic carbocycles. The number of allylic oxidation sites excluding steroid dienone is 3. The van der Waals surface area contributed by atoms with Crippen molar-refractivity contribution in [3.63, 3.8) is 0 Å². The lowest BCUT2D eigenvalue weighted by molar-refractivity contribution is -0.137. The van der Waals surface area contributed by atoms with Crippen LogP contribution >= 0.6 is 0 Å². The Labute approximate surface area is 154 Å². The van der Waals surface area contributed by atoms with Crippen molar-refractivity contribution in [1.29, 1.82) is 0 Å². The third-order valence-corrected chi connectivity index (χ3v) is 5.13. The van der Waals surface area contributed by atoms with Crippen molar-refractivity contribution in [1.82, 2.24) is 20.4 Å². The van der Waals surface area contributed by atoms with E-state index in [1.165, 1.54) is 22.6 Å². The third kappa shape index (κ3) is 4.20. The number of rotatable bonds is 7. The lowest BCUT2D eigenvalue weighted by atomic mass is 9.99. The second-order valence-electron chi connectivity index (χ2n) is 6.92. The zero-order chi connectivity index (χ0) is 18.5. The first-order chi connectivity index (χ1) is 12.6. The van der Waals surface area contributed by atoms with Gasteiger partial charge in [-0.15, -0.1) is 6.42 Å². The van der Waals surface area contributed by atoms with E-state index in [1.54, 1.807) is 4.90 Å². The summed E-state index contributed by atoms with van der Waals surface area (Å²) in [6, 6.07) is -0.829. The van der Waals surface area contributed by atoms with E-state index in [9.17, 15) is 9.59 Å². The van der Waals surface area contributed by atoms with E-state index in [1.807, 2.05) is 0 Å². The molecule has 0 aromatic rings. The molecule has 7 nitrogen and oxygen atoms in total. The summed E-state index contributed by atoms with van der Waals surface area (Å²) in [5.74, 6) is 1.44. The summed E-state index contributed by atoms with van der Waals surface area (Å²) in [5, 5.41) is 15.9. The minimum absolute atomic E-state index is 0.157. The predicted molar refractivity (Wildman–Crippen MR) is 98.1 cm³/mol. The molecule has 2 saturated heterocycles. The number of aliphatic carboxylic acids is 1. The number of hydrogen-bond donors (Lipinski definition) is 3. The van der Waals surface area contributed by atoms with Crippen molar-refractivity contribution < 1.29 is 14.7 Å². The highest BCUT2D eigenvalue weighted by molar-refractivity contribution is 5.78. The maximum absolute atomic E-state index is 12.5.